The molecule has 1 aromatic carbocycles. The number of aromatic carboxylic acids is 1. The van der Waals surface area contributed by atoms with Crippen LogP contribution in [-0.4, -0.2) is 29.1 Å². The summed E-state index contributed by atoms with van der Waals surface area (Å²) in [6, 6.07) is 8.15. The Labute approximate surface area is 133 Å². The number of nitrogens with one attached hydrogen (secondary N) is 1. The molecule has 0 bridgehead atoms. The summed E-state index contributed by atoms with van der Waals surface area (Å²) in [6.45, 7) is 0. The van der Waals surface area contributed by atoms with E-state index in [1.165, 1.54) is 7.11 Å². The van der Waals surface area contributed by atoms with Gasteiger partial charge in [-0.05, 0) is 48.2 Å². The molecule has 118 valence electrons. The summed E-state index contributed by atoms with van der Waals surface area (Å²) < 4.78 is 5.10. The summed E-state index contributed by atoms with van der Waals surface area (Å²) in [7, 11) is 1.46. The third kappa shape index (κ3) is 2.88. The minimum absolute atomic E-state index is 0.207. The van der Waals surface area contributed by atoms with Crippen LogP contribution in [0.15, 0.2) is 36.5 Å². The number of ether oxygens (including phenoxy) is 1. The maximum Gasteiger partial charge on any atom is 0.335 e. The Bertz CT molecular complexity index is 773. The van der Waals surface area contributed by atoms with Crippen molar-refractivity contribution in [3.8, 4) is 5.88 Å². The van der Waals surface area contributed by atoms with Crippen molar-refractivity contribution in [2.45, 2.75) is 18.9 Å². The number of rotatable bonds is 4. The molecule has 1 heterocycles. The first-order valence-electron chi connectivity index (χ1n) is 7.26. The molecule has 1 aliphatic carbocycles. The van der Waals surface area contributed by atoms with Gasteiger partial charge in [-0.3, -0.25) is 4.79 Å². The molecule has 0 saturated heterocycles. The molecule has 23 heavy (non-hydrogen) atoms. The molecule has 2 aromatic rings. The van der Waals surface area contributed by atoms with Crippen LogP contribution in [0.5, 0.6) is 5.88 Å². The highest BCUT2D eigenvalue weighted by Gasteiger charge is 2.26. The van der Waals surface area contributed by atoms with Gasteiger partial charge in [0.15, 0.2) is 0 Å². The number of hydrogen-bond donors (Lipinski definition) is 2. The number of fused-ring (bicyclic) bond motifs is 1. The van der Waals surface area contributed by atoms with Crippen molar-refractivity contribution in [3.05, 3.63) is 58.8 Å². The van der Waals surface area contributed by atoms with Crippen molar-refractivity contribution < 1.29 is 19.4 Å². The fourth-order valence-electron chi connectivity index (χ4n) is 2.85. The number of nitrogens with zero attached hydrogens (tertiary/aromatic N) is 1. The smallest absolute Gasteiger partial charge is 0.335 e. The van der Waals surface area contributed by atoms with Crippen LogP contribution in [-0.2, 0) is 6.42 Å². The van der Waals surface area contributed by atoms with Gasteiger partial charge >= 0.3 is 5.97 Å². The fourth-order valence-corrected chi connectivity index (χ4v) is 2.85. The van der Waals surface area contributed by atoms with Crippen LogP contribution in [0, 0.1) is 0 Å². The quantitative estimate of drug-likeness (QED) is 0.903. The number of methoxy groups -OCH3 is 1. The summed E-state index contributed by atoms with van der Waals surface area (Å²) in [5, 5.41) is 12.1. The second-order valence-corrected chi connectivity index (χ2v) is 5.34. The monoisotopic (exact) mass is 312 g/mol. The first kappa shape index (κ1) is 15.0. The third-order valence-electron chi connectivity index (χ3n) is 3.99. The summed E-state index contributed by atoms with van der Waals surface area (Å²) in [6.07, 6.45) is 3.11. The van der Waals surface area contributed by atoms with Gasteiger partial charge in [-0.1, -0.05) is 6.07 Å². The van der Waals surface area contributed by atoms with Gasteiger partial charge in [0.2, 0.25) is 5.88 Å². The number of amides is 1. The van der Waals surface area contributed by atoms with Crippen molar-refractivity contribution in [3.63, 3.8) is 0 Å². The molecular weight excluding hydrogens is 296 g/mol. The zero-order valence-corrected chi connectivity index (χ0v) is 12.6. The molecule has 0 radical (unpaired) electrons. The van der Waals surface area contributed by atoms with Gasteiger partial charge in [-0.15, -0.1) is 0 Å². The van der Waals surface area contributed by atoms with Gasteiger partial charge in [0.05, 0.1) is 18.7 Å². The number of hydrogen-bond acceptors (Lipinski definition) is 4. The van der Waals surface area contributed by atoms with E-state index < -0.39 is 5.97 Å². The molecule has 0 spiro atoms. The molecule has 0 saturated carbocycles. The van der Waals surface area contributed by atoms with Gasteiger partial charge in [0, 0.05) is 6.20 Å². The highest BCUT2D eigenvalue weighted by atomic mass is 16.5. The molecule has 1 amide bonds. The molecule has 1 atom stereocenters. The van der Waals surface area contributed by atoms with Crippen molar-refractivity contribution in [2.24, 2.45) is 0 Å². The lowest BCUT2D eigenvalue weighted by Crippen LogP contribution is -2.27. The highest BCUT2D eigenvalue weighted by molar-refractivity contribution is 5.96. The van der Waals surface area contributed by atoms with Gasteiger partial charge in [0.25, 0.3) is 5.91 Å². The predicted octanol–water partition coefficient (Wildman–Crippen LogP) is 2.21. The first-order valence-corrected chi connectivity index (χ1v) is 7.26. The summed E-state index contributed by atoms with van der Waals surface area (Å²) in [5.41, 5.74) is 2.52. The maximum atomic E-state index is 12.5. The number of carbonyl (C=O) groups is 2. The van der Waals surface area contributed by atoms with E-state index in [2.05, 4.69) is 10.3 Å². The lowest BCUT2D eigenvalue weighted by atomic mass is 10.0. The molecule has 6 heteroatoms. The normalized spacial score (nSPS) is 15.8. The fraction of sp³-hybridized carbons (Fsp3) is 0.235. The molecule has 0 fully saturated rings. The van der Waals surface area contributed by atoms with Gasteiger partial charge in [-0.2, -0.15) is 0 Å². The zero-order chi connectivity index (χ0) is 16.4. The van der Waals surface area contributed by atoms with Crippen molar-refractivity contribution in [2.75, 3.05) is 7.11 Å². The molecule has 1 aromatic heterocycles. The van der Waals surface area contributed by atoms with Gasteiger partial charge in [0.1, 0.15) is 5.56 Å². The number of pyridine rings is 1. The number of aryl methyl sites for hydroxylation is 1. The topological polar surface area (TPSA) is 88.5 Å². The zero-order valence-electron chi connectivity index (χ0n) is 12.6. The Morgan fingerprint density at radius 2 is 2.17 bits per heavy atom. The third-order valence-corrected chi connectivity index (χ3v) is 3.99. The van der Waals surface area contributed by atoms with Crippen molar-refractivity contribution >= 4 is 11.9 Å². The van der Waals surface area contributed by atoms with Crippen molar-refractivity contribution in [1.82, 2.24) is 10.3 Å². The number of benzene rings is 1. The Balaban J connectivity index is 1.84. The number of carbonyl (C=O) groups excluding carboxylic acids is 1. The van der Waals surface area contributed by atoms with Crippen molar-refractivity contribution in [1.29, 1.82) is 0 Å². The second-order valence-electron chi connectivity index (χ2n) is 5.34. The van der Waals surface area contributed by atoms with E-state index >= 15 is 0 Å². The second kappa shape index (κ2) is 6.08. The minimum atomic E-state index is -0.973. The van der Waals surface area contributed by atoms with Gasteiger partial charge in [-0.25, -0.2) is 9.78 Å². The maximum absolute atomic E-state index is 12.5. The lowest BCUT2D eigenvalue weighted by Gasteiger charge is -2.15. The molecule has 0 aliphatic heterocycles. The van der Waals surface area contributed by atoms with E-state index in [4.69, 9.17) is 9.84 Å². The Kier molecular flexibility index (Phi) is 3.97. The Morgan fingerprint density at radius 3 is 2.91 bits per heavy atom. The standard InChI is InChI=1S/C17H16N2O4/c1-23-16-12(3-2-8-18-16)15(20)19-14-7-6-10-4-5-11(17(21)22)9-13(10)14/h2-5,8-9,14H,6-7H2,1H3,(H,19,20)(H,21,22). The summed E-state index contributed by atoms with van der Waals surface area (Å²) in [4.78, 5) is 27.6. The van der Waals surface area contributed by atoms with Crippen LogP contribution in [0.2, 0.25) is 0 Å². The molecular formula is C17H16N2O4. The summed E-state index contributed by atoms with van der Waals surface area (Å²) in [5.74, 6) is -0.991. The molecule has 3 rings (SSSR count). The lowest BCUT2D eigenvalue weighted by molar-refractivity contribution is 0.0696. The van der Waals surface area contributed by atoms with Gasteiger partial charge < -0.3 is 15.2 Å². The average molecular weight is 312 g/mol. The number of aromatic nitrogens is 1. The van der Waals surface area contributed by atoms with E-state index in [1.807, 2.05) is 6.07 Å². The first-order chi connectivity index (χ1) is 11.1. The van der Waals surface area contributed by atoms with Crippen LogP contribution in [0.4, 0.5) is 0 Å². The molecule has 6 nitrogen and oxygen atoms in total. The number of carboxylic acid groups (broad SMARTS) is 1. The van der Waals surface area contributed by atoms with E-state index in [0.29, 0.717) is 5.56 Å². The summed E-state index contributed by atoms with van der Waals surface area (Å²) >= 11 is 0. The van der Waals surface area contributed by atoms with E-state index in [-0.39, 0.29) is 23.4 Å². The Hall–Kier alpha value is -2.89. The minimum Gasteiger partial charge on any atom is -0.480 e. The van der Waals surface area contributed by atoms with Crippen LogP contribution in [0.3, 0.4) is 0 Å². The van der Waals surface area contributed by atoms with E-state index in [0.717, 1.165) is 24.0 Å². The van der Waals surface area contributed by atoms with E-state index in [9.17, 15) is 9.59 Å². The average Bonchev–Trinajstić information content (AvgIpc) is 2.96. The molecule has 2 N–H and O–H groups in total. The van der Waals surface area contributed by atoms with Crippen LogP contribution >= 0.6 is 0 Å². The molecule has 1 aliphatic rings. The predicted molar refractivity (Wildman–Crippen MR) is 82.7 cm³/mol. The highest BCUT2D eigenvalue weighted by Crippen LogP contribution is 2.32. The van der Waals surface area contributed by atoms with Crippen LogP contribution < -0.4 is 10.1 Å². The number of carboxylic acids is 1. The Morgan fingerprint density at radius 1 is 1.35 bits per heavy atom. The van der Waals surface area contributed by atoms with Crippen LogP contribution in [0.1, 0.15) is 44.3 Å². The largest absolute Gasteiger partial charge is 0.480 e. The van der Waals surface area contributed by atoms with E-state index in [1.54, 1.807) is 30.5 Å². The molecule has 1 unspecified atom stereocenters. The SMILES string of the molecule is COc1ncccc1C(=O)NC1CCc2ccc(C(=O)O)cc21. The van der Waals surface area contributed by atoms with Crippen LogP contribution in [0.25, 0.3) is 0 Å².